The molecule has 3 atom stereocenters. The summed E-state index contributed by atoms with van der Waals surface area (Å²) in [5.41, 5.74) is 0.862. The van der Waals surface area contributed by atoms with Gasteiger partial charge in [0.1, 0.15) is 11.4 Å². The molecule has 6 nitrogen and oxygen atoms in total. The summed E-state index contributed by atoms with van der Waals surface area (Å²) in [5.74, 6) is -0.724. The number of nitrogens with zero attached hydrogens (tertiary/aromatic N) is 1. The molecule has 8 heteroatoms. The Bertz CT molecular complexity index is 1330. The number of aliphatic carboxylic acids is 1. The van der Waals surface area contributed by atoms with Crippen LogP contribution in [0.4, 0.5) is 4.39 Å². The summed E-state index contributed by atoms with van der Waals surface area (Å²) in [7, 11) is -4.02. The van der Waals surface area contributed by atoms with Gasteiger partial charge in [-0.25, -0.2) is 9.18 Å². The van der Waals surface area contributed by atoms with Crippen LogP contribution in [0.15, 0.2) is 54.6 Å². The van der Waals surface area contributed by atoms with E-state index in [0.29, 0.717) is 22.5 Å². The van der Waals surface area contributed by atoms with Crippen LogP contribution in [0.25, 0.3) is 22.4 Å². The molecule has 3 unspecified atom stereocenters. The van der Waals surface area contributed by atoms with Gasteiger partial charge in [-0.2, -0.15) is 0 Å². The van der Waals surface area contributed by atoms with E-state index < -0.39 is 30.6 Å². The number of aryl methyl sites for hydroxylation is 1. The van der Waals surface area contributed by atoms with Crippen LogP contribution in [0.2, 0.25) is 0 Å². The molecule has 0 aliphatic heterocycles. The van der Waals surface area contributed by atoms with Crippen molar-refractivity contribution in [3.05, 3.63) is 77.2 Å². The first kappa shape index (κ1) is 26.3. The Morgan fingerprint density at radius 2 is 1.74 bits per heavy atom. The fourth-order valence-electron chi connectivity index (χ4n) is 4.31. The Kier molecular flexibility index (Phi) is 7.33. The summed E-state index contributed by atoms with van der Waals surface area (Å²) in [4.78, 5) is 27.2. The van der Waals surface area contributed by atoms with E-state index in [1.807, 2.05) is 37.1 Å². The third kappa shape index (κ3) is 4.41. The van der Waals surface area contributed by atoms with Crippen molar-refractivity contribution >= 4 is 14.0 Å². The van der Waals surface area contributed by atoms with Gasteiger partial charge in [-0.05, 0) is 54.7 Å². The first-order valence-corrected chi connectivity index (χ1v) is 12.3. The molecular weight excluding hydrogens is 468 g/mol. The lowest BCUT2D eigenvalue weighted by Gasteiger charge is -2.39. The van der Waals surface area contributed by atoms with Crippen molar-refractivity contribution in [1.82, 2.24) is 4.98 Å². The molecule has 0 saturated carbocycles. The molecule has 1 aromatic heterocycles. The second-order valence-corrected chi connectivity index (χ2v) is 10.2. The molecule has 0 saturated heterocycles. The third-order valence-electron chi connectivity index (χ3n) is 6.25. The van der Waals surface area contributed by atoms with E-state index >= 15 is 0 Å². The predicted molar refractivity (Wildman–Crippen MR) is 134 cm³/mol. The molecule has 3 N–H and O–H groups in total. The van der Waals surface area contributed by atoms with Gasteiger partial charge in [-0.1, -0.05) is 56.2 Å². The van der Waals surface area contributed by atoms with Crippen molar-refractivity contribution in [3.8, 4) is 34.7 Å². The molecule has 0 amide bonds. The highest BCUT2D eigenvalue weighted by Crippen LogP contribution is 2.52. The summed E-state index contributed by atoms with van der Waals surface area (Å²) in [6, 6.07) is 14.6. The van der Waals surface area contributed by atoms with Crippen molar-refractivity contribution < 1.29 is 28.9 Å². The lowest BCUT2D eigenvalue weighted by atomic mass is 9.76. The smallest absolute Gasteiger partial charge is 0.335 e. The van der Waals surface area contributed by atoms with Crippen LogP contribution in [-0.4, -0.2) is 31.2 Å². The van der Waals surface area contributed by atoms with Gasteiger partial charge in [-0.3, -0.25) is 9.55 Å². The fourth-order valence-corrected chi connectivity index (χ4v) is 5.16. The van der Waals surface area contributed by atoms with E-state index in [9.17, 15) is 28.9 Å². The first-order chi connectivity index (χ1) is 16.4. The molecule has 2 aromatic carbocycles. The minimum atomic E-state index is -4.02. The van der Waals surface area contributed by atoms with Gasteiger partial charge in [0.15, 0.2) is 0 Å². The Morgan fingerprint density at radius 1 is 1.14 bits per heavy atom. The zero-order chi connectivity index (χ0) is 26.1. The van der Waals surface area contributed by atoms with Crippen LogP contribution < -0.4 is 0 Å². The maximum absolute atomic E-state index is 13.8. The number of rotatable bonds is 7. The SMILES string of the molecule is C#CC(C(=O)O)([PH](=O)O)C(C)(O)c1c(-c2ccc(F)cc2)cc(-c2ccccc2C)nc1C(C)C. The summed E-state index contributed by atoms with van der Waals surface area (Å²) in [6.07, 6.45) is 5.51. The van der Waals surface area contributed by atoms with E-state index in [4.69, 9.17) is 11.4 Å². The molecule has 0 fully saturated rings. The van der Waals surface area contributed by atoms with Crippen LogP contribution in [0.3, 0.4) is 0 Å². The number of carboxylic acid groups (broad SMARTS) is 1. The maximum Gasteiger partial charge on any atom is 0.335 e. The number of carboxylic acids is 1. The molecule has 35 heavy (non-hydrogen) atoms. The highest BCUT2D eigenvalue weighted by atomic mass is 31.1. The number of aliphatic hydroxyl groups is 1. The van der Waals surface area contributed by atoms with Gasteiger partial charge >= 0.3 is 5.97 Å². The topological polar surface area (TPSA) is 108 Å². The van der Waals surface area contributed by atoms with Crippen LogP contribution in [0, 0.1) is 25.1 Å². The van der Waals surface area contributed by atoms with E-state index in [0.717, 1.165) is 18.1 Å². The molecule has 1 heterocycles. The Morgan fingerprint density at radius 3 is 2.23 bits per heavy atom. The Labute approximate surface area is 204 Å². The summed E-state index contributed by atoms with van der Waals surface area (Å²) in [6.45, 7) is 6.64. The summed E-state index contributed by atoms with van der Waals surface area (Å²) < 4.78 is 26.2. The maximum atomic E-state index is 13.8. The average molecular weight is 495 g/mol. The lowest BCUT2D eigenvalue weighted by Crippen LogP contribution is -2.53. The van der Waals surface area contributed by atoms with E-state index in [-0.39, 0.29) is 11.5 Å². The van der Waals surface area contributed by atoms with Gasteiger partial charge < -0.3 is 15.1 Å². The Hall–Kier alpha value is -3.30. The first-order valence-electron chi connectivity index (χ1n) is 10.9. The molecule has 0 bridgehead atoms. The summed E-state index contributed by atoms with van der Waals surface area (Å²) in [5, 5.41) is 19.0. The third-order valence-corrected chi connectivity index (χ3v) is 7.73. The van der Waals surface area contributed by atoms with Gasteiger partial charge in [0.25, 0.3) is 0 Å². The van der Waals surface area contributed by atoms with Crippen molar-refractivity contribution in [1.29, 1.82) is 0 Å². The van der Waals surface area contributed by atoms with E-state index in [1.165, 1.54) is 24.3 Å². The summed E-state index contributed by atoms with van der Waals surface area (Å²) >= 11 is 0. The van der Waals surface area contributed by atoms with Crippen LogP contribution in [-0.2, 0) is 15.0 Å². The number of aromatic nitrogens is 1. The molecular formula is C27H27FNO5P. The second-order valence-electron chi connectivity index (χ2n) is 8.87. The Balaban J connectivity index is 2.53. The molecule has 3 rings (SSSR count). The van der Waals surface area contributed by atoms with E-state index in [1.54, 1.807) is 19.9 Å². The van der Waals surface area contributed by atoms with Crippen LogP contribution in [0.1, 0.15) is 43.5 Å². The molecule has 182 valence electrons. The van der Waals surface area contributed by atoms with Gasteiger partial charge in [-0.15, -0.1) is 6.42 Å². The minimum Gasteiger partial charge on any atom is -0.480 e. The highest BCUT2D eigenvalue weighted by molar-refractivity contribution is 7.42. The standard InChI is InChI=1S/C27H27FNO5P/c1-6-27(25(30)31,35(33)34)26(5,32)23-21(18-11-13-19(28)14-12-18)15-22(29-24(23)16(2)3)20-10-8-7-9-17(20)4/h1,7-16,32,35H,2-5H3,(H,30,31)(H,33,34). The number of carbonyl (C=O) groups is 1. The zero-order valence-corrected chi connectivity index (χ0v) is 20.8. The number of hydrogen-bond donors (Lipinski definition) is 3. The van der Waals surface area contributed by atoms with Crippen LogP contribution >= 0.6 is 8.03 Å². The quantitative estimate of drug-likeness (QED) is 0.310. The molecule has 3 aromatic rings. The van der Waals surface area contributed by atoms with Crippen molar-refractivity contribution in [2.24, 2.45) is 0 Å². The number of pyridine rings is 1. The number of benzene rings is 2. The zero-order valence-electron chi connectivity index (χ0n) is 19.8. The van der Waals surface area contributed by atoms with Crippen LogP contribution in [0.5, 0.6) is 0 Å². The molecule has 0 aliphatic rings. The second kappa shape index (κ2) is 9.75. The van der Waals surface area contributed by atoms with E-state index in [2.05, 4.69) is 0 Å². The molecule has 0 aliphatic carbocycles. The van der Waals surface area contributed by atoms with Crippen molar-refractivity contribution in [2.45, 2.75) is 44.4 Å². The van der Waals surface area contributed by atoms with Gasteiger partial charge in [0, 0.05) is 11.1 Å². The highest BCUT2D eigenvalue weighted by Gasteiger charge is 2.60. The monoisotopic (exact) mass is 495 g/mol. The van der Waals surface area contributed by atoms with Crippen molar-refractivity contribution in [2.75, 3.05) is 0 Å². The minimum absolute atomic E-state index is 0.00388. The lowest BCUT2D eigenvalue weighted by molar-refractivity contribution is -0.145. The largest absolute Gasteiger partial charge is 0.480 e. The average Bonchev–Trinajstić information content (AvgIpc) is 2.79. The number of terminal acetylenes is 1. The normalized spacial score (nSPS) is 15.6. The van der Waals surface area contributed by atoms with Crippen molar-refractivity contribution in [3.63, 3.8) is 0 Å². The number of hydrogen-bond acceptors (Lipinski definition) is 4. The fraction of sp³-hybridized carbons (Fsp3) is 0.259. The molecule has 0 spiro atoms. The molecule has 0 radical (unpaired) electrons. The number of halogens is 1. The predicted octanol–water partition coefficient (Wildman–Crippen LogP) is 5.12. The van der Waals surface area contributed by atoms with Gasteiger partial charge in [0.2, 0.25) is 13.2 Å². The van der Waals surface area contributed by atoms with Gasteiger partial charge in [0.05, 0.1) is 11.4 Å².